The predicted molar refractivity (Wildman–Crippen MR) is 62.0 cm³/mol. The van der Waals surface area contributed by atoms with Crippen LogP contribution < -0.4 is 5.73 Å². The number of rotatable bonds is 3. The molecule has 1 heterocycles. The highest BCUT2D eigenvalue weighted by Gasteiger charge is 2.42. The molecule has 7 heteroatoms. The second kappa shape index (κ2) is 4.06. The van der Waals surface area contributed by atoms with Crippen molar-refractivity contribution >= 4 is 9.84 Å². The van der Waals surface area contributed by atoms with Crippen LogP contribution in [0.4, 0.5) is 0 Å². The Hall–Kier alpha value is -0.950. The molecule has 2 N–H and O–H groups in total. The summed E-state index contributed by atoms with van der Waals surface area (Å²) in [6.07, 6.45) is 4.00. The van der Waals surface area contributed by atoms with Crippen molar-refractivity contribution in [2.75, 3.05) is 6.26 Å². The quantitative estimate of drug-likeness (QED) is 0.842. The fourth-order valence-electron chi connectivity index (χ4n) is 2.24. The Morgan fingerprint density at radius 1 is 1.59 bits per heavy atom. The van der Waals surface area contributed by atoms with Crippen molar-refractivity contribution < 1.29 is 12.9 Å². The first kappa shape index (κ1) is 12.5. The second-order valence-electron chi connectivity index (χ2n) is 5.00. The smallest absolute Gasteiger partial charge is 0.234 e. The Morgan fingerprint density at radius 2 is 2.29 bits per heavy atom. The van der Waals surface area contributed by atoms with E-state index in [1.807, 2.05) is 6.92 Å². The van der Waals surface area contributed by atoms with E-state index in [0.717, 1.165) is 25.5 Å². The van der Waals surface area contributed by atoms with Crippen molar-refractivity contribution in [2.45, 2.75) is 43.4 Å². The maximum Gasteiger partial charge on any atom is 0.234 e. The van der Waals surface area contributed by atoms with Crippen LogP contribution in [0.15, 0.2) is 4.52 Å². The van der Waals surface area contributed by atoms with Crippen molar-refractivity contribution in [1.29, 1.82) is 0 Å². The molecule has 1 aromatic rings. The lowest BCUT2D eigenvalue weighted by Crippen LogP contribution is -2.38. The van der Waals surface area contributed by atoms with Gasteiger partial charge < -0.3 is 10.3 Å². The molecule has 0 saturated heterocycles. The summed E-state index contributed by atoms with van der Waals surface area (Å²) in [5.41, 5.74) is 5.72. The van der Waals surface area contributed by atoms with Crippen molar-refractivity contribution in [3.8, 4) is 0 Å². The van der Waals surface area contributed by atoms with E-state index in [1.54, 1.807) is 0 Å². The third-order valence-electron chi connectivity index (χ3n) is 3.38. The molecule has 2 rings (SSSR count). The fraction of sp³-hybridized carbons (Fsp3) is 0.800. The van der Waals surface area contributed by atoms with Crippen LogP contribution in [-0.4, -0.2) is 30.9 Å². The summed E-state index contributed by atoms with van der Waals surface area (Å²) in [7, 11) is -3.14. The Bertz CT molecular complexity index is 511. The summed E-state index contributed by atoms with van der Waals surface area (Å²) in [5, 5.41) is 3.70. The molecule has 0 bridgehead atoms. The standard InChI is InChI=1S/C10H17N3O3S/c1-10(5-3-4-7(10)11)9-12-8(13-16-9)6-17(2,14)15/h7H,3-6,11H2,1-2H3. The summed E-state index contributed by atoms with van der Waals surface area (Å²) in [5.74, 6) is 0.478. The van der Waals surface area contributed by atoms with E-state index in [0.29, 0.717) is 5.89 Å². The van der Waals surface area contributed by atoms with Crippen molar-refractivity contribution in [3.63, 3.8) is 0 Å². The minimum absolute atomic E-state index is 0.00552. The normalized spacial score (nSPS) is 29.7. The van der Waals surface area contributed by atoms with Gasteiger partial charge in [0.1, 0.15) is 5.75 Å². The molecule has 6 nitrogen and oxygen atoms in total. The van der Waals surface area contributed by atoms with Gasteiger partial charge in [0.2, 0.25) is 5.89 Å². The number of nitrogens with zero attached hydrogens (tertiary/aromatic N) is 2. The average Bonchev–Trinajstić information content (AvgIpc) is 2.74. The van der Waals surface area contributed by atoms with Gasteiger partial charge >= 0.3 is 0 Å². The number of sulfone groups is 1. The molecule has 17 heavy (non-hydrogen) atoms. The topological polar surface area (TPSA) is 99.1 Å². The van der Waals surface area contributed by atoms with Crippen LogP contribution in [0.5, 0.6) is 0 Å². The van der Waals surface area contributed by atoms with Crippen molar-refractivity contribution in [2.24, 2.45) is 5.73 Å². The molecule has 2 atom stereocenters. The number of nitrogens with two attached hydrogens (primary N) is 1. The Morgan fingerprint density at radius 3 is 2.82 bits per heavy atom. The molecule has 0 spiro atoms. The molecule has 0 aromatic carbocycles. The molecule has 1 fully saturated rings. The van der Waals surface area contributed by atoms with Crippen LogP contribution >= 0.6 is 0 Å². The molecular formula is C10H17N3O3S. The Kier molecular flexibility index (Phi) is 2.99. The van der Waals surface area contributed by atoms with Gasteiger partial charge in [-0.1, -0.05) is 11.6 Å². The van der Waals surface area contributed by atoms with E-state index in [4.69, 9.17) is 10.3 Å². The molecule has 1 aromatic heterocycles. The van der Waals surface area contributed by atoms with Gasteiger partial charge in [0.25, 0.3) is 0 Å². The summed E-state index contributed by atoms with van der Waals surface area (Å²) in [6, 6.07) is -0.00552. The molecule has 1 saturated carbocycles. The van der Waals surface area contributed by atoms with E-state index >= 15 is 0 Å². The maximum atomic E-state index is 11.1. The first-order valence-corrected chi connectivity index (χ1v) is 7.64. The van der Waals surface area contributed by atoms with Gasteiger partial charge in [0.15, 0.2) is 15.7 Å². The number of hydrogen-bond acceptors (Lipinski definition) is 6. The zero-order valence-corrected chi connectivity index (χ0v) is 10.8. The van der Waals surface area contributed by atoms with Gasteiger partial charge in [0, 0.05) is 12.3 Å². The van der Waals surface area contributed by atoms with E-state index in [1.165, 1.54) is 0 Å². The van der Waals surface area contributed by atoms with Crippen LogP contribution in [0.3, 0.4) is 0 Å². The zero-order chi connectivity index (χ0) is 12.7. The molecule has 0 aliphatic heterocycles. The summed E-state index contributed by atoms with van der Waals surface area (Å²) < 4.78 is 27.4. The van der Waals surface area contributed by atoms with Crippen LogP contribution in [0, 0.1) is 0 Å². The van der Waals surface area contributed by atoms with Crippen molar-refractivity contribution in [1.82, 2.24) is 10.1 Å². The molecule has 96 valence electrons. The SMILES string of the molecule is CC1(c2nc(CS(C)(=O)=O)no2)CCCC1N. The maximum absolute atomic E-state index is 11.1. The third kappa shape index (κ3) is 2.50. The highest BCUT2D eigenvalue weighted by molar-refractivity contribution is 7.89. The predicted octanol–water partition coefficient (Wildman–Crippen LogP) is 0.383. The van der Waals surface area contributed by atoms with Gasteiger partial charge in [-0.2, -0.15) is 4.98 Å². The van der Waals surface area contributed by atoms with E-state index < -0.39 is 9.84 Å². The number of aromatic nitrogens is 2. The third-order valence-corrected chi connectivity index (χ3v) is 4.16. The van der Waals surface area contributed by atoms with Gasteiger partial charge in [-0.15, -0.1) is 0 Å². The van der Waals surface area contributed by atoms with Crippen LogP contribution in [0.25, 0.3) is 0 Å². The highest BCUT2D eigenvalue weighted by atomic mass is 32.2. The van der Waals surface area contributed by atoms with Gasteiger partial charge in [-0.3, -0.25) is 0 Å². The van der Waals surface area contributed by atoms with E-state index in [9.17, 15) is 8.42 Å². The van der Waals surface area contributed by atoms with Gasteiger partial charge in [0.05, 0.1) is 5.41 Å². The first-order valence-electron chi connectivity index (χ1n) is 5.58. The van der Waals surface area contributed by atoms with E-state index in [2.05, 4.69) is 10.1 Å². The second-order valence-corrected chi connectivity index (χ2v) is 7.14. The molecule has 2 unspecified atom stereocenters. The first-order chi connectivity index (χ1) is 7.81. The lowest BCUT2D eigenvalue weighted by Gasteiger charge is -2.23. The molecule has 0 radical (unpaired) electrons. The zero-order valence-electron chi connectivity index (χ0n) is 10.0. The Balaban J connectivity index is 2.24. The van der Waals surface area contributed by atoms with Crippen LogP contribution in [0.2, 0.25) is 0 Å². The van der Waals surface area contributed by atoms with E-state index in [-0.39, 0.29) is 23.0 Å². The van der Waals surface area contributed by atoms with Crippen LogP contribution in [0.1, 0.15) is 37.9 Å². The van der Waals surface area contributed by atoms with Crippen molar-refractivity contribution in [3.05, 3.63) is 11.7 Å². The summed E-state index contributed by atoms with van der Waals surface area (Å²) in [6.45, 7) is 1.99. The highest BCUT2D eigenvalue weighted by Crippen LogP contribution is 2.38. The Labute approximate surface area is 100 Å². The molecule has 0 amide bonds. The molecule has 1 aliphatic carbocycles. The minimum Gasteiger partial charge on any atom is -0.339 e. The minimum atomic E-state index is -3.14. The summed E-state index contributed by atoms with van der Waals surface area (Å²) >= 11 is 0. The summed E-state index contributed by atoms with van der Waals surface area (Å²) in [4.78, 5) is 4.16. The molecular weight excluding hydrogens is 242 g/mol. The number of hydrogen-bond donors (Lipinski definition) is 1. The lowest BCUT2D eigenvalue weighted by molar-refractivity contribution is 0.277. The average molecular weight is 259 g/mol. The van der Waals surface area contributed by atoms with Gasteiger partial charge in [-0.25, -0.2) is 8.42 Å². The molecule has 1 aliphatic rings. The lowest BCUT2D eigenvalue weighted by atomic mass is 9.85. The van der Waals surface area contributed by atoms with Gasteiger partial charge in [-0.05, 0) is 19.8 Å². The fourth-order valence-corrected chi connectivity index (χ4v) is 2.82. The monoisotopic (exact) mass is 259 g/mol. The van der Waals surface area contributed by atoms with Crippen LogP contribution in [-0.2, 0) is 21.0 Å². The largest absolute Gasteiger partial charge is 0.339 e.